The van der Waals surface area contributed by atoms with Crippen LogP contribution in [0.15, 0.2) is 42.5 Å². The van der Waals surface area contributed by atoms with E-state index in [2.05, 4.69) is 47.1 Å². The van der Waals surface area contributed by atoms with Crippen LogP contribution in [0.4, 0.5) is 5.69 Å². The number of aromatic nitrogens is 1. The lowest BCUT2D eigenvalue weighted by molar-refractivity contribution is 0.802. The van der Waals surface area contributed by atoms with Crippen molar-refractivity contribution < 1.29 is 0 Å². The van der Waals surface area contributed by atoms with E-state index in [1.807, 2.05) is 19.1 Å². The first-order valence-electron chi connectivity index (χ1n) is 6.56. The van der Waals surface area contributed by atoms with Crippen molar-refractivity contribution in [3.63, 3.8) is 0 Å². The maximum Gasteiger partial charge on any atom is 0.0602 e. The third-order valence-electron chi connectivity index (χ3n) is 3.16. The van der Waals surface area contributed by atoms with Gasteiger partial charge in [-0.15, -0.1) is 11.6 Å². The van der Waals surface area contributed by atoms with Gasteiger partial charge in [-0.1, -0.05) is 24.3 Å². The number of anilines is 1. The highest BCUT2D eigenvalue weighted by Crippen LogP contribution is 2.23. The van der Waals surface area contributed by atoms with Gasteiger partial charge in [0.15, 0.2) is 0 Å². The van der Waals surface area contributed by atoms with Crippen LogP contribution >= 0.6 is 11.6 Å². The Bertz CT molecular complexity index is 540. The Hall–Kier alpha value is -1.54. The molecule has 0 radical (unpaired) electrons. The second-order valence-corrected chi connectivity index (χ2v) is 4.81. The van der Waals surface area contributed by atoms with Crippen molar-refractivity contribution in [3.8, 4) is 0 Å². The number of nitrogens with zero attached hydrogens (tertiary/aromatic N) is 2. The zero-order valence-corrected chi connectivity index (χ0v) is 12.2. The summed E-state index contributed by atoms with van der Waals surface area (Å²) >= 11 is 6.02. The molecule has 0 saturated heterocycles. The number of pyridine rings is 1. The lowest BCUT2D eigenvalue weighted by Gasteiger charge is -2.25. The van der Waals surface area contributed by atoms with E-state index >= 15 is 0 Å². The minimum absolute atomic E-state index is 0.536. The highest BCUT2D eigenvalue weighted by Gasteiger charge is 2.10. The Morgan fingerprint density at radius 2 is 1.89 bits per heavy atom. The zero-order chi connectivity index (χ0) is 13.7. The third kappa shape index (κ3) is 3.48. The predicted molar refractivity (Wildman–Crippen MR) is 81.7 cm³/mol. The van der Waals surface area contributed by atoms with E-state index in [4.69, 9.17) is 11.6 Å². The Morgan fingerprint density at radius 3 is 2.58 bits per heavy atom. The summed E-state index contributed by atoms with van der Waals surface area (Å²) in [4.78, 5) is 6.87. The quantitative estimate of drug-likeness (QED) is 0.761. The summed E-state index contributed by atoms with van der Waals surface area (Å²) in [5.41, 5.74) is 4.51. The molecular weight excluding hydrogens is 256 g/mol. The highest BCUT2D eigenvalue weighted by molar-refractivity contribution is 6.17. The normalized spacial score (nSPS) is 10.5. The molecule has 0 spiro atoms. The Kier molecular flexibility index (Phi) is 4.80. The van der Waals surface area contributed by atoms with Gasteiger partial charge in [0.25, 0.3) is 0 Å². The number of aryl methyl sites for hydroxylation is 1. The number of para-hydroxylation sites is 1. The van der Waals surface area contributed by atoms with Crippen molar-refractivity contribution in [3.05, 3.63) is 59.4 Å². The Balaban J connectivity index is 2.25. The van der Waals surface area contributed by atoms with Gasteiger partial charge in [0.1, 0.15) is 0 Å². The van der Waals surface area contributed by atoms with Crippen molar-refractivity contribution in [2.75, 3.05) is 11.4 Å². The first-order valence-corrected chi connectivity index (χ1v) is 7.09. The predicted octanol–water partition coefficient (Wildman–Crippen LogP) is 4.16. The monoisotopic (exact) mass is 274 g/mol. The van der Waals surface area contributed by atoms with Crippen LogP contribution in [-0.2, 0) is 12.4 Å². The van der Waals surface area contributed by atoms with E-state index in [1.54, 1.807) is 0 Å². The van der Waals surface area contributed by atoms with Crippen LogP contribution in [0.25, 0.3) is 0 Å². The van der Waals surface area contributed by atoms with E-state index in [1.165, 1.54) is 11.3 Å². The van der Waals surface area contributed by atoms with Crippen molar-refractivity contribution >= 4 is 17.3 Å². The van der Waals surface area contributed by atoms with Gasteiger partial charge in [0, 0.05) is 23.8 Å². The third-order valence-corrected chi connectivity index (χ3v) is 3.44. The molecule has 0 atom stereocenters. The number of hydrogen-bond donors (Lipinski definition) is 0. The second-order valence-electron chi connectivity index (χ2n) is 4.55. The lowest BCUT2D eigenvalue weighted by atomic mass is 10.1. The van der Waals surface area contributed by atoms with E-state index in [-0.39, 0.29) is 0 Å². The molecule has 19 heavy (non-hydrogen) atoms. The van der Waals surface area contributed by atoms with Crippen LogP contribution in [0.3, 0.4) is 0 Å². The fourth-order valence-electron chi connectivity index (χ4n) is 2.18. The topological polar surface area (TPSA) is 16.1 Å². The molecule has 3 heteroatoms. The van der Waals surface area contributed by atoms with E-state index in [0.29, 0.717) is 5.88 Å². The fraction of sp³-hybridized carbons (Fsp3) is 0.312. The standard InChI is InChI=1S/C16H19ClN2/c1-3-19(12-15-9-6-7-13(2)18-15)16-10-5-4-8-14(16)11-17/h4-10H,3,11-12H2,1-2H3. The van der Waals surface area contributed by atoms with Crippen molar-refractivity contribution in [1.29, 1.82) is 0 Å². The average Bonchev–Trinajstić information content (AvgIpc) is 2.45. The molecular formula is C16H19ClN2. The van der Waals surface area contributed by atoms with Crippen LogP contribution in [0.2, 0.25) is 0 Å². The van der Waals surface area contributed by atoms with Crippen molar-refractivity contribution in [2.45, 2.75) is 26.3 Å². The minimum atomic E-state index is 0.536. The number of halogens is 1. The Morgan fingerprint density at radius 1 is 1.11 bits per heavy atom. The SMILES string of the molecule is CCN(Cc1cccc(C)n1)c1ccccc1CCl. The average molecular weight is 275 g/mol. The fourth-order valence-corrected chi connectivity index (χ4v) is 2.41. The molecule has 0 saturated carbocycles. The van der Waals surface area contributed by atoms with Crippen LogP contribution in [-0.4, -0.2) is 11.5 Å². The minimum Gasteiger partial charge on any atom is -0.366 e. The van der Waals surface area contributed by atoms with Gasteiger partial charge in [-0.25, -0.2) is 0 Å². The van der Waals surface area contributed by atoms with Gasteiger partial charge >= 0.3 is 0 Å². The summed E-state index contributed by atoms with van der Waals surface area (Å²) in [6, 6.07) is 14.4. The number of hydrogen-bond acceptors (Lipinski definition) is 2. The largest absolute Gasteiger partial charge is 0.366 e. The maximum absolute atomic E-state index is 6.02. The maximum atomic E-state index is 6.02. The zero-order valence-electron chi connectivity index (χ0n) is 11.4. The van der Waals surface area contributed by atoms with Crippen LogP contribution in [0.5, 0.6) is 0 Å². The van der Waals surface area contributed by atoms with E-state index in [0.717, 1.165) is 24.5 Å². The molecule has 0 aliphatic rings. The van der Waals surface area contributed by atoms with Gasteiger partial charge in [-0.2, -0.15) is 0 Å². The lowest BCUT2D eigenvalue weighted by Crippen LogP contribution is -2.23. The molecule has 2 nitrogen and oxygen atoms in total. The van der Waals surface area contributed by atoms with Crippen LogP contribution in [0, 0.1) is 6.92 Å². The summed E-state index contributed by atoms with van der Waals surface area (Å²) in [5, 5.41) is 0. The molecule has 1 aromatic heterocycles. The molecule has 2 rings (SSSR count). The first kappa shape index (κ1) is 13.9. The summed E-state index contributed by atoms with van der Waals surface area (Å²) in [6.45, 7) is 5.92. The molecule has 0 bridgehead atoms. The van der Waals surface area contributed by atoms with Crippen molar-refractivity contribution in [1.82, 2.24) is 4.98 Å². The van der Waals surface area contributed by atoms with Gasteiger partial charge in [0.2, 0.25) is 0 Å². The molecule has 0 fully saturated rings. The van der Waals surface area contributed by atoms with Crippen molar-refractivity contribution in [2.24, 2.45) is 0 Å². The van der Waals surface area contributed by atoms with Crippen LogP contribution in [0.1, 0.15) is 23.9 Å². The summed E-state index contributed by atoms with van der Waals surface area (Å²) < 4.78 is 0. The molecule has 0 amide bonds. The number of benzene rings is 1. The number of alkyl halides is 1. The molecule has 2 aromatic rings. The molecule has 0 aliphatic carbocycles. The Labute approximate surface area is 120 Å². The van der Waals surface area contributed by atoms with E-state index < -0.39 is 0 Å². The molecule has 1 aromatic carbocycles. The highest BCUT2D eigenvalue weighted by atomic mass is 35.5. The van der Waals surface area contributed by atoms with Gasteiger partial charge in [-0.3, -0.25) is 4.98 Å². The molecule has 1 heterocycles. The summed E-state index contributed by atoms with van der Waals surface area (Å²) in [5.74, 6) is 0.536. The summed E-state index contributed by atoms with van der Waals surface area (Å²) in [6.07, 6.45) is 0. The number of rotatable bonds is 5. The van der Waals surface area contributed by atoms with Gasteiger partial charge < -0.3 is 4.90 Å². The van der Waals surface area contributed by atoms with E-state index in [9.17, 15) is 0 Å². The molecule has 100 valence electrons. The summed E-state index contributed by atoms with van der Waals surface area (Å²) in [7, 11) is 0. The smallest absolute Gasteiger partial charge is 0.0602 e. The first-order chi connectivity index (χ1) is 9.24. The van der Waals surface area contributed by atoms with Crippen LogP contribution < -0.4 is 4.90 Å². The second kappa shape index (κ2) is 6.58. The van der Waals surface area contributed by atoms with Gasteiger partial charge in [0.05, 0.1) is 12.2 Å². The molecule has 0 unspecified atom stereocenters. The van der Waals surface area contributed by atoms with Gasteiger partial charge in [-0.05, 0) is 37.6 Å². The molecule has 0 N–H and O–H groups in total. The molecule has 0 aliphatic heterocycles.